The van der Waals surface area contributed by atoms with Gasteiger partial charge in [0.05, 0.1) is 11.0 Å². The Hall–Kier alpha value is -1.83. The van der Waals surface area contributed by atoms with Crippen molar-refractivity contribution in [3.63, 3.8) is 0 Å². The van der Waals surface area contributed by atoms with Crippen molar-refractivity contribution in [2.24, 2.45) is 17.4 Å². The highest BCUT2D eigenvalue weighted by Gasteiger charge is 2.76. The standard InChI is InChI=1S/C21H27N3O4/c22-18(26)20(23)5-6-21(27)14-9-12-3-4-13(25)16-15(12)19(21,17(20)28-16)7-8-24(14)10-11-1-2-11/h3-4,11,14,17,25,27H,1-2,5-10,23H2,(H2,22,26)/t14?,17-,19+,20+,21-/m1/s1. The minimum absolute atomic E-state index is 0.0339. The minimum atomic E-state index is -1.37. The quantitative estimate of drug-likeness (QED) is 0.587. The lowest BCUT2D eigenvalue weighted by atomic mass is 9.46. The molecule has 7 nitrogen and oxygen atoms in total. The number of ether oxygens (including phenoxy) is 1. The number of aliphatic hydroxyl groups is 1. The number of hydrogen-bond acceptors (Lipinski definition) is 6. The van der Waals surface area contributed by atoms with E-state index in [0.717, 1.165) is 36.6 Å². The van der Waals surface area contributed by atoms with E-state index >= 15 is 0 Å². The molecule has 1 aromatic rings. The second kappa shape index (κ2) is 5.01. The minimum Gasteiger partial charge on any atom is -0.504 e. The van der Waals surface area contributed by atoms with Crippen molar-refractivity contribution < 1.29 is 19.7 Å². The third kappa shape index (κ3) is 1.75. The highest BCUT2D eigenvalue weighted by atomic mass is 16.5. The third-order valence-electron chi connectivity index (χ3n) is 8.36. The first-order valence-corrected chi connectivity index (χ1v) is 10.4. The highest BCUT2D eigenvalue weighted by Crippen LogP contribution is 2.66. The largest absolute Gasteiger partial charge is 0.504 e. The number of phenols is 1. The summed E-state index contributed by atoms with van der Waals surface area (Å²) in [6, 6.07) is 3.55. The molecule has 2 bridgehead atoms. The van der Waals surface area contributed by atoms with Crippen LogP contribution in [0.2, 0.25) is 0 Å². The van der Waals surface area contributed by atoms with Crippen LogP contribution >= 0.6 is 0 Å². The summed E-state index contributed by atoms with van der Waals surface area (Å²) in [6.45, 7) is 1.84. The Morgan fingerprint density at radius 1 is 1.29 bits per heavy atom. The molecule has 3 aliphatic carbocycles. The molecule has 1 amide bonds. The Morgan fingerprint density at radius 3 is 2.79 bits per heavy atom. The van der Waals surface area contributed by atoms with Crippen LogP contribution in [-0.4, -0.2) is 57.4 Å². The average molecular weight is 385 g/mol. The summed E-state index contributed by atoms with van der Waals surface area (Å²) in [5, 5.41) is 22.7. The van der Waals surface area contributed by atoms with Crippen LogP contribution in [-0.2, 0) is 16.6 Å². The van der Waals surface area contributed by atoms with Crippen LogP contribution in [0.25, 0.3) is 0 Å². The van der Waals surface area contributed by atoms with Crippen molar-refractivity contribution >= 4 is 5.91 Å². The molecule has 6 rings (SSSR count). The molecule has 6 N–H and O–H groups in total. The van der Waals surface area contributed by atoms with Crippen LogP contribution in [0.4, 0.5) is 0 Å². The molecule has 1 spiro atoms. The first-order chi connectivity index (χ1) is 13.3. The topological polar surface area (TPSA) is 122 Å². The zero-order chi connectivity index (χ0) is 19.5. The van der Waals surface area contributed by atoms with E-state index in [9.17, 15) is 15.0 Å². The number of likely N-dealkylation sites (tertiary alicyclic amines) is 1. The lowest BCUT2D eigenvalue weighted by molar-refractivity contribution is -0.202. The van der Waals surface area contributed by atoms with Gasteiger partial charge in [0.2, 0.25) is 5.91 Å². The molecule has 3 fully saturated rings. The van der Waals surface area contributed by atoms with E-state index in [2.05, 4.69) is 4.90 Å². The molecular formula is C21H27N3O4. The maximum absolute atomic E-state index is 12.4. The van der Waals surface area contributed by atoms with Gasteiger partial charge >= 0.3 is 0 Å². The van der Waals surface area contributed by atoms with Gasteiger partial charge in [-0.3, -0.25) is 9.69 Å². The Kier molecular flexibility index (Phi) is 3.05. The number of rotatable bonds is 3. The predicted octanol–water partition coefficient (Wildman–Crippen LogP) is 0.139. The first kappa shape index (κ1) is 17.1. The summed E-state index contributed by atoms with van der Waals surface area (Å²) in [4.78, 5) is 14.9. The van der Waals surface area contributed by atoms with Gasteiger partial charge in [0, 0.05) is 18.2 Å². The molecule has 28 heavy (non-hydrogen) atoms. The van der Waals surface area contributed by atoms with Crippen LogP contribution in [0, 0.1) is 5.92 Å². The fourth-order valence-corrected chi connectivity index (χ4v) is 6.80. The van der Waals surface area contributed by atoms with Crippen LogP contribution < -0.4 is 16.2 Å². The van der Waals surface area contributed by atoms with Crippen LogP contribution in [0.3, 0.4) is 0 Å². The SMILES string of the molecule is NC(=O)[C@]1(N)CC[C@@]2(O)C3Cc4ccc(O)c5c4[C@@]2(CCN3CC2CC2)[C@H]1O5. The predicted molar refractivity (Wildman–Crippen MR) is 101 cm³/mol. The van der Waals surface area contributed by atoms with E-state index in [1.54, 1.807) is 6.07 Å². The van der Waals surface area contributed by atoms with Gasteiger partial charge in [0.25, 0.3) is 0 Å². The van der Waals surface area contributed by atoms with E-state index in [0.29, 0.717) is 18.6 Å². The zero-order valence-electron chi connectivity index (χ0n) is 15.9. The number of hydrogen-bond donors (Lipinski definition) is 4. The van der Waals surface area contributed by atoms with Crippen molar-refractivity contribution in [2.45, 2.75) is 67.2 Å². The molecule has 5 aliphatic rings. The molecule has 0 radical (unpaired) electrons. The Labute approximate surface area is 163 Å². The van der Waals surface area contributed by atoms with E-state index < -0.39 is 28.6 Å². The van der Waals surface area contributed by atoms with Gasteiger partial charge in [-0.2, -0.15) is 0 Å². The molecule has 150 valence electrons. The maximum atomic E-state index is 12.4. The van der Waals surface area contributed by atoms with Gasteiger partial charge in [-0.05, 0) is 62.6 Å². The summed E-state index contributed by atoms with van der Waals surface area (Å²) >= 11 is 0. The number of piperidine rings is 1. The van der Waals surface area contributed by atoms with E-state index in [-0.39, 0.29) is 18.2 Å². The van der Waals surface area contributed by atoms with E-state index in [1.807, 2.05) is 6.07 Å². The number of nitrogens with two attached hydrogens (primary N) is 2. The first-order valence-electron chi connectivity index (χ1n) is 10.4. The van der Waals surface area contributed by atoms with E-state index in [1.165, 1.54) is 12.8 Å². The van der Waals surface area contributed by atoms with Gasteiger partial charge in [-0.15, -0.1) is 0 Å². The van der Waals surface area contributed by atoms with Crippen molar-refractivity contribution in [3.05, 3.63) is 23.3 Å². The van der Waals surface area contributed by atoms with Gasteiger partial charge < -0.3 is 26.4 Å². The Balaban J connectivity index is 1.58. The summed E-state index contributed by atoms with van der Waals surface area (Å²) in [7, 11) is 0. The van der Waals surface area contributed by atoms with Gasteiger partial charge in [-0.25, -0.2) is 0 Å². The fraction of sp³-hybridized carbons (Fsp3) is 0.667. The van der Waals surface area contributed by atoms with Gasteiger partial charge in [0.1, 0.15) is 11.6 Å². The number of nitrogens with zero attached hydrogens (tertiary/aromatic N) is 1. The Morgan fingerprint density at radius 2 is 2.07 bits per heavy atom. The molecule has 1 saturated heterocycles. The number of benzene rings is 1. The molecule has 5 atom stereocenters. The zero-order valence-corrected chi connectivity index (χ0v) is 15.9. The number of carbonyl (C=O) groups excluding carboxylic acids is 1. The lowest BCUT2D eigenvalue weighted by Crippen LogP contribution is -2.82. The molecule has 1 unspecified atom stereocenters. The molecule has 0 aromatic heterocycles. The normalized spacial score (nSPS) is 43.4. The number of amides is 1. The van der Waals surface area contributed by atoms with E-state index in [4.69, 9.17) is 16.2 Å². The van der Waals surface area contributed by atoms with Crippen molar-refractivity contribution in [3.8, 4) is 11.5 Å². The number of aromatic hydroxyl groups is 1. The van der Waals surface area contributed by atoms with Crippen molar-refractivity contribution in [2.75, 3.05) is 13.1 Å². The molecule has 7 heteroatoms. The summed E-state index contributed by atoms with van der Waals surface area (Å²) in [5.41, 5.74) is 11.0. The fourth-order valence-electron chi connectivity index (χ4n) is 6.80. The summed E-state index contributed by atoms with van der Waals surface area (Å²) < 4.78 is 6.23. The summed E-state index contributed by atoms with van der Waals surface area (Å²) in [6.07, 6.45) is 3.83. The number of primary amides is 1. The van der Waals surface area contributed by atoms with Crippen LogP contribution in [0.5, 0.6) is 11.5 Å². The van der Waals surface area contributed by atoms with Crippen LogP contribution in [0.15, 0.2) is 12.1 Å². The number of phenolic OH excluding ortho intramolecular Hbond substituents is 1. The van der Waals surface area contributed by atoms with Crippen molar-refractivity contribution in [1.82, 2.24) is 4.90 Å². The smallest absolute Gasteiger partial charge is 0.241 e. The van der Waals surface area contributed by atoms with Crippen molar-refractivity contribution in [1.29, 1.82) is 0 Å². The van der Waals surface area contributed by atoms with Gasteiger partial charge in [-0.1, -0.05) is 6.07 Å². The summed E-state index contributed by atoms with van der Waals surface area (Å²) in [5.74, 6) is 0.543. The molecule has 2 aliphatic heterocycles. The lowest BCUT2D eigenvalue weighted by Gasteiger charge is -2.65. The Bertz CT molecular complexity index is 902. The molecule has 2 heterocycles. The maximum Gasteiger partial charge on any atom is 0.241 e. The molecule has 2 saturated carbocycles. The van der Waals surface area contributed by atoms with Gasteiger partial charge in [0.15, 0.2) is 11.5 Å². The van der Waals surface area contributed by atoms with Crippen LogP contribution in [0.1, 0.15) is 43.2 Å². The molecule has 1 aromatic carbocycles. The third-order valence-corrected chi connectivity index (χ3v) is 8.36. The average Bonchev–Trinajstić information content (AvgIpc) is 3.39. The second-order valence-corrected chi connectivity index (χ2v) is 9.65. The number of carbonyl (C=O) groups is 1. The highest BCUT2D eigenvalue weighted by molar-refractivity contribution is 5.87. The molecular weight excluding hydrogens is 358 g/mol. The second-order valence-electron chi connectivity index (χ2n) is 9.65. The monoisotopic (exact) mass is 385 g/mol.